The highest BCUT2D eigenvalue weighted by Crippen LogP contribution is 2.67. The van der Waals surface area contributed by atoms with Crippen LogP contribution in [0.2, 0.25) is 0 Å². The molecular weight excluding hydrogens is 248 g/mol. The fraction of sp³-hybridized carbons (Fsp3) is 0.636. The van der Waals surface area contributed by atoms with Crippen molar-refractivity contribution >= 4 is 34.4 Å². The predicted molar refractivity (Wildman–Crippen MR) is 63.7 cm³/mol. The molecule has 0 bridgehead atoms. The molecule has 1 saturated heterocycles. The van der Waals surface area contributed by atoms with Gasteiger partial charge in [-0.2, -0.15) is 0 Å². The van der Waals surface area contributed by atoms with Crippen LogP contribution in [0.5, 0.6) is 0 Å². The number of carbonyl (C=O) groups is 2. The smallest absolute Gasteiger partial charge is 0.325 e. The summed E-state index contributed by atoms with van der Waals surface area (Å²) in [4.78, 5) is 21.3. The number of alkyl halides is 1. The summed E-state index contributed by atoms with van der Waals surface area (Å²) in [5, 5.41) is 9.17. The lowest BCUT2D eigenvalue weighted by Gasteiger charge is -2.03. The molecule has 0 unspecified atom stereocenters. The van der Waals surface area contributed by atoms with E-state index in [-0.39, 0.29) is 11.0 Å². The van der Waals surface area contributed by atoms with Gasteiger partial charge in [-0.25, -0.2) is 0 Å². The van der Waals surface area contributed by atoms with Crippen LogP contribution in [0.15, 0.2) is 11.6 Å². The monoisotopic (exact) mass is 260 g/mol. The molecule has 0 aromatic carbocycles. The van der Waals surface area contributed by atoms with E-state index in [1.165, 1.54) is 11.8 Å². The highest BCUT2D eigenvalue weighted by atomic mass is 35.5. The van der Waals surface area contributed by atoms with Gasteiger partial charge in [-0.05, 0) is 6.42 Å². The standard InChI is InChI=1S/C11H13ClO3S/c1-10(2)7(11(10,12)9(14)15)5-6-3-4-16-8(6)13/h5,7H,3-4H2,1-2H3,(H,14,15)/t7-,11+/m1/s1. The molecule has 1 heterocycles. The average molecular weight is 261 g/mol. The Kier molecular flexibility index (Phi) is 2.63. The van der Waals surface area contributed by atoms with Crippen molar-refractivity contribution in [2.24, 2.45) is 11.3 Å². The van der Waals surface area contributed by atoms with Gasteiger partial charge >= 0.3 is 5.97 Å². The van der Waals surface area contributed by atoms with E-state index in [1.807, 2.05) is 13.8 Å². The van der Waals surface area contributed by atoms with E-state index in [4.69, 9.17) is 16.7 Å². The van der Waals surface area contributed by atoms with Crippen LogP contribution in [-0.4, -0.2) is 26.8 Å². The zero-order valence-electron chi connectivity index (χ0n) is 9.12. The number of allylic oxidation sites excluding steroid dienone is 1. The number of carboxylic acid groups (broad SMARTS) is 1. The normalized spacial score (nSPS) is 39.1. The van der Waals surface area contributed by atoms with E-state index in [0.717, 1.165) is 17.7 Å². The van der Waals surface area contributed by atoms with Gasteiger partial charge in [0.2, 0.25) is 5.12 Å². The second-order valence-electron chi connectivity index (χ2n) is 4.79. The van der Waals surface area contributed by atoms with Crippen LogP contribution in [0, 0.1) is 11.3 Å². The first kappa shape index (κ1) is 12.0. The maximum atomic E-state index is 11.4. The highest BCUT2D eigenvalue weighted by molar-refractivity contribution is 8.14. The molecular formula is C11H13ClO3S. The number of rotatable bonds is 2. The molecule has 3 nitrogen and oxygen atoms in total. The van der Waals surface area contributed by atoms with Gasteiger partial charge in [0.15, 0.2) is 4.87 Å². The van der Waals surface area contributed by atoms with Gasteiger partial charge in [0.25, 0.3) is 0 Å². The molecule has 0 aromatic rings. The molecule has 1 aliphatic carbocycles. The Labute approximate surface area is 103 Å². The van der Waals surface area contributed by atoms with Crippen molar-refractivity contribution in [2.75, 3.05) is 5.75 Å². The highest BCUT2D eigenvalue weighted by Gasteiger charge is 2.74. The van der Waals surface area contributed by atoms with E-state index in [0.29, 0.717) is 0 Å². The van der Waals surface area contributed by atoms with Crippen LogP contribution >= 0.6 is 23.4 Å². The van der Waals surface area contributed by atoms with E-state index >= 15 is 0 Å². The third kappa shape index (κ3) is 1.43. The molecule has 5 heteroatoms. The Balaban J connectivity index is 2.26. The third-order valence-electron chi connectivity index (χ3n) is 3.61. The second kappa shape index (κ2) is 3.50. The Morgan fingerprint density at radius 3 is 2.62 bits per heavy atom. The molecule has 2 rings (SSSR count). The molecule has 2 atom stereocenters. The van der Waals surface area contributed by atoms with Gasteiger partial charge in [0.1, 0.15) is 0 Å². The molecule has 1 saturated carbocycles. The van der Waals surface area contributed by atoms with Crippen molar-refractivity contribution < 1.29 is 14.7 Å². The van der Waals surface area contributed by atoms with Gasteiger partial charge in [-0.15, -0.1) is 11.6 Å². The van der Waals surface area contributed by atoms with Crippen LogP contribution in [0.3, 0.4) is 0 Å². The summed E-state index contributed by atoms with van der Waals surface area (Å²) < 4.78 is 0. The maximum Gasteiger partial charge on any atom is 0.325 e. The van der Waals surface area contributed by atoms with Crippen LogP contribution in [0.25, 0.3) is 0 Å². The molecule has 0 aromatic heterocycles. The summed E-state index contributed by atoms with van der Waals surface area (Å²) >= 11 is 7.39. The zero-order valence-corrected chi connectivity index (χ0v) is 10.7. The Bertz CT molecular complexity index is 402. The van der Waals surface area contributed by atoms with Crippen LogP contribution in [0.4, 0.5) is 0 Å². The molecule has 2 aliphatic rings. The van der Waals surface area contributed by atoms with Crippen molar-refractivity contribution in [3.05, 3.63) is 11.6 Å². The van der Waals surface area contributed by atoms with E-state index in [1.54, 1.807) is 6.08 Å². The molecule has 0 spiro atoms. The first-order valence-corrected chi connectivity index (χ1v) is 6.48. The molecule has 1 aliphatic heterocycles. The molecule has 0 radical (unpaired) electrons. The lowest BCUT2D eigenvalue weighted by molar-refractivity contribution is -0.138. The topological polar surface area (TPSA) is 54.4 Å². The molecule has 0 amide bonds. The van der Waals surface area contributed by atoms with Gasteiger partial charge in [0, 0.05) is 22.7 Å². The minimum Gasteiger partial charge on any atom is -0.480 e. The van der Waals surface area contributed by atoms with Crippen molar-refractivity contribution in [2.45, 2.75) is 25.1 Å². The molecule has 16 heavy (non-hydrogen) atoms. The first-order valence-electron chi connectivity index (χ1n) is 5.12. The summed E-state index contributed by atoms with van der Waals surface area (Å²) in [7, 11) is 0. The van der Waals surface area contributed by atoms with Crippen molar-refractivity contribution in [1.82, 2.24) is 0 Å². The molecule has 88 valence electrons. The van der Waals surface area contributed by atoms with Crippen molar-refractivity contribution in [1.29, 1.82) is 0 Å². The Morgan fingerprint density at radius 2 is 2.25 bits per heavy atom. The number of carboxylic acids is 1. The number of aliphatic carboxylic acids is 1. The number of carbonyl (C=O) groups excluding carboxylic acids is 1. The number of hydrogen-bond acceptors (Lipinski definition) is 3. The predicted octanol–water partition coefficient (Wildman–Crippen LogP) is 2.29. The second-order valence-corrected chi connectivity index (χ2v) is 6.46. The summed E-state index contributed by atoms with van der Waals surface area (Å²) in [6.45, 7) is 3.64. The van der Waals surface area contributed by atoms with Crippen LogP contribution in [0.1, 0.15) is 20.3 Å². The van der Waals surface area contributed by atoms with E-state index in [2.05, 4.69) is 0 Å². The number of hydrogen-bond donors (Lipinski definition) is 1. The zero-order chi connectivity index (χ0) is 12.1. The molecule has 1 N–H and O–H groups in total. The average Bonchev–Trinajstić information content (AvgIpc) is 2.50. The van der Waals surface area contributed by atoms with Crippen LogP contribution < -0.4 is 0 Å². The number of halogens is 1. The van der Waals surface area contributed by atoms with Gasteiger partial charge in [-0.3, -0.25) is 9.59 Å². The summed E-state index contributed by atoms with van der Waals surface area (Å²) in [6, 6.07) is 0. The fourth-order valence-corrected chi connectivity index (χ4v) is 3.54. The summed E-state index contributed by atoms with van der Waals surface area (Å²) in [5.41, 5.74) is 0.243. The summed E-state index contributed by atoms with van der Waals surface area (Å²) in [5.74, 6) is -0.462. The largest absolute Gasteiger partial charge is 0.480 e. The maximum absolute atomic E-state index is 11.4. The van der Waals surface area contributed by atoms with E-state index < -0.39 is 16.3 Å². The third-order valence-corrected chi connectivity index (χ3v) is 5.42. The number of thioether (sulfide) groups is 1. The molecule has 2 fully saturated rings. The minimum atomic E-state index is -1.24. The Hall–Kier alpha value is -0.480. The lowest BCUT2D eigenvalue weighted by atomic mass is 10.1. The van der Waals surface area contributed by atoms with Crippen molar-refractivity contribution in [3.8, 4) is 0 Å². The first-order chi connectivity index (χ1) is 7.31. The van der Waals surface area contributed by atoms with Gasteiger partial charge < -0.3 is 5.11 Å². The lowest BCUT2D eigenvalue weighted by Crippen LogP contribution is -2.21. The van der Waals surface area contributed by atoms with Gasteiger partial charge in [0.05, 0.1) is 0 Å². The van der Waals surface area contributed by atoms with E-state index in [9.17, 15) is 9.59 Å². The van der Waals surface area contributed by atoms with Crippen molar-refractivity contribution in [3.63, 3.8) is 0 Å². The Morgan fingerprint density at radius 1 is 1.62 bits per heavy atom. The van der Waals surface area contributed by atoms with Crippen LogP contribution in [-0.2, 0) is 9.59 Å². The minimum absolute atomic E-state index is 0.0621. The SMILES string of the molecule is CC1(C)[C@@H](C=C2CCSC2=O)[C@]1(Cl)C(=O)O. The summed E-state index contributed by atoms with van der Waals surface area (Å²) in [6.07, 6.45) is 2.49. The quantitative estimate of drug-likeness (QED) is 0.611. The fourth-order valence-electron chi connectivity index (χ4n) is 2.28. The van der Waals surface area contributed by atoms with Gasteiger partial charge in [-0.1, -0.05) is 31.7 Å².